The molecule has 0 saturated carbocycles. The minimum absolute atomic E-state index is 0.173. The van der Waals surface area contributed by atoms with E-state index in [1.54, 1.807) is 19.1 Å². The van der Waals surface area contributed by atoms with E-state index in [0.717, 1.165) is 3.57 Å². The van der Waals surface area contributed by atoms with Gasteiger partial charge in [0, 0.05) is 3.57 Å². The average molecular weight is 441 g/mol. The molecule has 0 radical (unpaired) electrons. The smallest absolute Gasteiger partial charge is 0.407 e. The van der Waals surface area contributed by atoms with Crippen LogP contribution in [0.2, 0.25) is 0 Å². The Morgan fingerprint density at radius 1 is 1.17 bits per heavy atom. The molecular formula is C18H20INO4. The largest absolute Gasteiger partial charge is 0.492 e. The standard InChI is InChI=1S/C18H20INO4/c1-13(17(21)14-5-3-2-4-6-14)20(18(22)23)11-12-24-16-9-7-15(19)8-10-16/h2-10,13,17,21H,11-12H2,1H3,(H,22,23)/t13-,17-/m0/s1. The number of benzene rings is 2. The zero-order valence-electron chi connectivity index (χ0n) is 13.3. The Morgan fingerprint density at radius 2 is 1.79 bits per heavy atom. The quantitative estimate of drug-likeness (QED) is 0.642. The van der Waals surface area contributed by atoms with Crippen LogP contribution >= 0.6 is 22.6 Å². The topological polar surface area (TPSA) is 70.0 Å². The van der Waals surface area contributed by atoms with Crippen molar-refractivity contribution in [1.82, 2.24) is 4.90 Å². The van der Waals surface area contributed by atoms with Gasteiger partial charge in [-0.2, -0.15) is 0 Å². The molecular weight excluding hydrogens is 421 g/mol. The van der Waals surface area contributed by atoms with Gasteiger partial charge in [-0.3, -0.25) is 4.90 Å². The molecule has 2 N–H and O–H groups in total. The van der Waals surface area contributed by atoms with Crippen LogP contribution in [-0.4, -0.2) is 40.4 Å². The first-order valence-electron chi connectivity index (χ1n) is 7.60. The van der Waals surface area contributed by atoms with E-state index in [0.29, 0.717) is 11.3 Å². The summed E-state index contributed by atoms with van der Waals surface area (Å²) in [6.07, 6.45) is -1.97. The van der Waals surface area contributed by atoms with Crippen LogP contribution in [0.15, 0.2) is 54.6 Å². The maximum Gasteiger partial charge on any atom is 0.407 e. The fourth-order valence-corrected chi connectivity index (χ4v) is 2.72. The number of aliphatic hydroxyl groups is 1. The highest BCUT2D eigenvalue weighted by Gasteiger charge is 2.26. The second-order valence-electron chi connectivity index (χ2n) is 5.37. The van der Waals surface area contributed by atoms with Crippen molar-refractivity contribution in [2.75, 3.05) is 13.2 Å². The third-order valence-corrected chi connectivity index (χ3v) is 4.47. The first-order chi connectivity index (χ1) is 11.5. The molecule has 5 nitrogen and oxygen atoms in total. The van der Waals surface area contributed by atoms with E-state index >= 15 is 0 Å². The molecule has 0 bridgehead atoms. The van der Waals surface area contributed by atoms with Crippen LogP contribution in [0.3, 0.4) is 0 Å². The maximum atomic E-state index is 11.5. The molecule has 0 unspecified atom stereocenters. The molecule has 0 aliphatic heterocycles. The Hall–Kier alpha value is -1.80. The molecule has 0 aliphatic carbocycles. The third kappa shape index (κ3) is 5.10. The summed E-state index contributed by atoms with van der Waals surface area (Å²) >= 11 is 2.21. The zero-order chi connectivity index (χ0) is 17.5. The number of nitrogens with zero attached hydrogens (tertiary/aromatic N) is 1. The maximum absolute atomic E-state index is 11.5. The molecule has 24 heavy (non-hydrogen) atoms. The van der Waals surface area contributed by atoms with E-state index in [1.807, 2.05) is 42.5 Å². The lowest BCUT2D eigenvalue weighted by Crippen LogP contribution is -2.43. The van der Waals surface area contributed by atoms with Gasteiger partial charge in [-0.15, -0.1) is 0 Å². The molecule has 1 amide bonds. The van der Waals surface area contributed by atoms with E-state index < -0.39 is 18.2 Å². The van der Waals surface area contributed by atoms with Gasteiger partial charge in [0.2, 0.25) is 0 Å². The normalized spacial score (nSPS) is 13.1. The lowest BCUT2D eigenvalue weighted by Gasteiger charge is -2.30. The van der Waals surface area contributed by atoms with Crippen molar-refractivity contribution in [1.29, 1.82) is 0 Å². The van der Waals surface area contributed by atoms with Crippen LogP contribution in [0.1, 0.15) is 18.6 Å². The average Bonchev–Trinajstić information content (AvgIpc) is 2.59. The van der Waals surface area contributed by atoms with Gasteiger partial charge in [0.1, 0.15) is 12.4 Å². The Morgan fingerprint density at radius 3 is 2.38 bits per heavy atom. The number of rotatable bonds is 7. The summed E-state index contributed by atoms with van der Waals surface area (Å²) in [6, 6.07) is 16.0. The van der Waals surface area contributed by atoms with Crippen LogP contribution in [0.25, 0.3) is 0 Å². The van der Waals surface area contributed by atoms with Gasteiger partial charge in [0.15, 0.2) is 0 Å². The third-order valence-electron chi connectivity index (χ3n) is 3.75. The Kier molecular flexibility index (Phi) is 6.86. The number of carbonyl (C=O) groups is 1. The fourth-order valence-electron chi connectivity index (χ4n) is 2.37. The fraction of sp³-hybridized carbons (Fsp3) is 0.278. The summed E-state index contributed by atoms with van der Waals surface area (Å²) in [5.74, 6) is 0.692. The molecule has 0 saturated heterocycles. The highest BCUT2D eigenvalue weighted by molar-refractivity contribution is 14.1. The van der Waals surface area contributed by atoms with Crippen LogP contribution in [0.4, 0.5) is 4.79 Å². The lowest BCUT2D eigenvalue weighted by molar-refractivity contribution is 0.0491. The molecule has 0 fully saturated rings. The molecule has 6 heteroatoms. The van der Waals surface area contributed by atoms with Crippen LogP contribution < -0.4 is 4.74 Å². The molecule has 2 aromatic carbocycles. The van der Waals surface area contributed by atoms with Crippen molar-refractivity contribution < 1.29 is 19.7 Å². The second-order valence-corrected chi connectivity index (χ2v) is 6.62. The predicted octanol–water partition coefficient (Wildman–Crippen LogP) is 3.77. The van der Waals surface area contributed by atoms with Gasteiger partial charge >= 0.3 is 6.09 Å². The van der Waals surface area contributed by atoms with Crippen molar-refractivity contribution in [3.63, 3.8) is 0 Å². The van der Waals surface area contributed by atoms with E-state index in [9.17, 15) is 15.0 Å². The number of aliphatic hydroxyl groups excluding tert-OH is 1. The number of ether oxygens (including phenoxy) is 1. The monoisotopic (exact) mass is 441 g/mol. The van der Waals surface area contributed by atoms with Gasteiger partial charge < -0.3 is 14.9 Å². The van der Waals surface area contributed by atoms with E-state index in [4.69, 9.17) is 4.74 Å². The first-order valence-corrected chi connectivity index (χ1v) is 8.68. The van der Waals surface area contributed by atoms with Crippen molar-refractivity contribution in [3.8, 4) is 5.75 Å². The van der Waals surface area contributed by atoms with Crippen LogP contribution in [-0.2, 0) is 0 Å². The molecule has 128 valence electrons. The van der Waals surface area contributed by atoms with Gasteiger partial charge in [-0.05, 0) is 59.3 Å². The molecule has 0 heterocycles. The van der Waals surface area contributed by atoms with Gasteiger partial charge in [-0.25, -0.2) is 4.79 Å². The van der Waals surface area contributed by atoms with E-state index in [2.05, 4.69) is 22.6 Å². The molecule has 2 rings (SSSR count). The van der Waals surface area contributed by atoms with E-state index in [-0.39, 0.29) is 13.2 Å². The predicted molar refractivity (Wildman–Crippen MR) is 100 cm³/mol. The first kappa shape index (κ1) is 18.5. The van der Waals surface area contributed by atoms with Crippen LogP contribution in [0, 0.1) is 3.57 Å². The summed E-state index contributed by atoms with van der Waals surface area (Å²) in [5.41, 5.74) is 0.690. The number of hydrogen-bond acceptors (Lipinski definition) is 3. The summed E-state index contributed by atoms with van der Waals surface area (Å²) in [4.78, 5) is 12.7. The summed E-state index contributed by atoms with van der Waals surface area (Å²) in [7, 11) is 0. The minimum Gasteiger partial charge on any atom is -0.492 e. The van der Waals surface area contributed by atoms with Crippen molar-refractivity contribution >= 4 is 28.7 Å². The number of halogens is 1. The van der Waals surface area contributed by atoms with E-state index in [1.165, 1.54) is 4.90 Å². The van der Waals surface area contributed by atoms with Crippen molar-refractivity contribution in [3.05, 3.63) is 63.7 Å². The van der Waals surface area contributed by atoms with Crippen molar-refractivity contribution in [2.24, 2.45) is 0 Å². The number of carboxylic acid groups (broad SMARTS) is 1. The molecule has 0 aromatic heterocycles. The molecule has 0 aliphatic rings. The highest BCUT2D eigenvalue weighted by atomic mass is 127. The second kappa shape index (κ2) is 8.89. The number of amides is 1. The van der Waals surface area contributed by atoms with Crippen LogP contribution in [0.5, 0.6) is 5.75 Å². The summed E-state index contributed by atoms with van der Waals surface area (Å²) in [5, 5.41) is 19.8. The zero-order valence-corrected chi connectivity index (χ0v) is 15.5. The van der Waals surface area contributed by atoms with Crippen molar-refractivity contribution in [2.45, 2.75) is 19.1 Å². The minimum atomic E-state index is -1.08. The molecule has 2 atom stereocenters. The van der Waals surface area contributed by atoms with Gasteiger partial charge in [0.05, 0.1) is 18.7 Å². The molecule has 2 aromatic rings. The highest BCUT2D eigenvalue weighted by Crippen LogP contribution is 2.21. The Bertz CT molecular complexity index is 648. The van der Waals surface area contributed by atoms with Gasteiger partial charge in [-0.1, -0.05) is 30.3 Å². The summed E-state index contributed by atoms with van der Waals surface area (Å²) in [6.45, 7) is 2.09. The molecule has 0 spiro atoms. The Balaban J connectivity index is 1.95. The number of hydrogen-bond donors (Lipinski definition) is 2. The SMILES string of the molecule is C[C@@H]([C@H](O)c1ccccc1)N(CCOc1ccc(I)cc1)C(=O)O. The Labute approximate surface area is 155 Å². The lowest BCUT2D eigenvalue weighted by atomic mass is 10.0. The van der Waals surface area contributed by atoms with Gasteiger partial charge in [0.25, 0.3) is 0 Å². The summed E-state index contributed by atoms with van der Waals surface area (Å²) < 4.78 is 6.69.